The van der Waals surface area contributed by atoms with Crippen molar-refractivity contribution in [2.45, 2.75) is 26.2 Å². The first-order chi connectivity index (χ1) is 12.9. The molecule has 0 saturated carbocycles. The summed E-state index contributed by atoms with van der Waals surface area (Å²) < 4.78 is 0. The molecule has 1 heterocycles. The molecule has 0 spiro atoms. The third kappa shape index (κ3) is 4.79. The summed E-state index contributed by atoms with van der Waals surface area (Å²) in [6, 6.07) is 7.82. The number of nitrogens with zero attached hydrogens (tertiary/aromatic N) is 1. The van der Waals surface area contributed by atoms with Crippen LogP contribution in [0.15, 0.2) is 36.4 Å². The van der Waals surface area contributed by atoms with E-state index in [9.17, 15) is 19.7 Å². The Labute approximate surface area is 160 Å². The molecule has 1 aromatic carbocycles. The molecule has 27 heavy (non-hydrogen) atoms. The molecule has 0 bridgehead atoms. The molecule has 1 unspecified atom stereocenters. The van der Waals surface area contributed by atoms with Gasteiger partial charge in [-0.05, 0) is 48.4 Å². The van der Waals surface area contributed by atoms with Crippen LogP contribution >= 0.6 is 11.3 Å². The summed E-state index contributed by atoms with van der Waals surface area (Å²) in [6.07, 6.45) is 5.76. The molecule has 1 aromatic heterocycles. The normalized spacial score (nSPS) is 16.0. The van der Waals surface area contributed by atoms with Crippen LogP contribution in [0, 0.1) is 16.0 Å². The van der Waals surface area contributed by atoms with Crippen molar-refractivity contribution in [3.8, 4) is 0 Å². The maximum absolute atomic E-state index is 12.2. The standard InChI is InChI=1S/C19H19N3O4S/c1-12-5-7-16-14(9-12)11-17(27-16)19(24)21-20-18(23)8-6-13-3-2-4-15(10-13)22(25)26/h2-4,6,8,10-12H,5,7,9H2,1H3,(H,20,23)(H,21,24)/b8-6+. The lowest BCUT2D eigenvalue weighted by molar-refractivity contribution is -0.384. The number of hydrazine groups is 1. The molecule has 2 aromatic rings. The van der Waals surface area contributed by atoms with Gasteiger partial charge in [-0.3, -0.25) is 30.6 Å². The van der Waals surface area contributed by atoms with Crippen LogP contribution in [0.3, 0.4) is 0 Å². The molecule has 2 amide bonds. The number of carbonyl (C=O) groups is 2. The van der Waals surface area contributed by atoms with Gasteiger partial charge in [-0.25, -0.2) is 0 Å². The Morgan fingerprint density at radius 1 is 1.30 bits per heavy atom. The van der Waals surface area contributed by atoms with E-state index in [1.807, 2.05) is 6.07 Å². The predicted molar refractivity (Wildman–Crippen MR) is 103 cm³/mol. The van der Waals surface area contributed by atoms with Crippen molar-refractivity contribution in [2.75, 3.05) is 0 Å². The summed E-state index contributed by atoms with van der Waals surface area (Å²) in [7, 11) is 0. The predicted octanol–water partition coefficient (Wildman–Crippen LogP) is 3.26. The maximum Gasteiger partial charge on any atom is 0.279 e. The van der Waals surface area contributed by atoms with Crippen molar-refractivity contribution in [1.29, 1.82) is 0 Å². The average Bonchev–Trinajstić information content (AvgIpc) is 3.07. The minimum Gasteiger partial charge on any atom is -0.268 e. The van der Waals surface area contributed by atoms with Gasteiger partial charge in [-0.1, -0.05) is 19.1 Å². The number of hydrogen-bond donors (Lipinski definition) is 2. The van der Waals surface area contributed by atoms with Gasteiger partial charge in [-0.2, -0.15) is 0 Å². The number of nitro groups is 1. The first-order valence-electron chi connectivity index (χ1n) is 8.57. The van der Waals surface area contributed by atoms with Crippen LogP contribution in [0.4, 0.5) is 5.69 Å². The average molecular weight is 385 g/mol. The number of carbonyl (C=O) groups excluding carboxylic acids is 2. The fourth-order valence-corrected chi connectivity index (χ4v) is 4.06. The fraction of sp³-hybridized carbons (Fsp3) is 0.263. The molecule has 3 rings (SSSR count). The van der Waals surface area contributed by atoms with Crippen LogP contribution in [0.1, 0.15) is 39.0 Å². The highest BCUT2D eigenvalue weighted by atomic mass is 32.1. The second-order valence-corrected chi connectivity index (χ2v) is 7.67. The first kappa shape index (κ1) is 18.8. The lowest BCUT2D eigenvalue weighted by atomic mass is 9.90. The molecule has 2 N–H and O–H groups in total. The van der Waals surface area contributed by atoms with Crippen LogP contribution in [0.25, 0.3) is 6.08 Å². The van der Waals surface area contributed by atoms with Gasteiger partial charge in [0.2, 0.25) is 0 Å². The molecule has 1 aliphatic carbocycles. The summed E-state index contributed by atoms with van der Waals surface area (Å²) in [4.78, 5) is 36.2. The van der Waals surface area contributed by atoms with Gasteiger partial charge in [0, 0.05) is 23.1 Å². The van der Waals surface area contributed by atoms with E-state index in [1.54, 1.807) is 6.07 Å². The molecule has 7 nitrogen and oxygen atoms in total. The van der Waals surface area contributed by atoms with Crippen molar-refractivity contribution in [3.63, 3.8) is 0 Å². The molecule has 0 fully saturated rings. The Bertz CT molecular complexity index is 919. The van der Waals surface area contributed by atoms with Crippen LogP contribution in [0.2, 0.25) is 0 Å². The SMILES string of the molecule is CC1CCc2sc(C(=O)NNC(=O)/C=C/c3cccc([N+](=O)[O-])c3)cc2C1. The zero-order chi connectivity index (χ0) is 19.4. The first-order valence-corrected chi connectivity index (χ1v) is 9.38. The van der Waals surface area contributed by atoms with Gasteiger partial charge >= 0.3 is 0 Å². The highest BCUT2D eigenvalue weighted by Gasteiger charge is 2.20. The van der Waals surface area contributed by atoms with E-state index in [0.717, 1.165) is 19.3 Å². The molecule has 0 saturated heterocycles. The Hall–Kier alpha value is -3.00. The van der Waals surface area contributed by atoms with Crippen molar-refractivity contribution in [3.05, 3.63) is 67.4 Å². The molecular weight excluding hydrogens is 366 g/mol. The lowest BCUT2D eigenvalue weighted by Gasteiger charge is -2.16. The van der Waals surface area contributed by atoms with Gasteiger partial charge < -0.3 is 0 Å². The number of nitro benzene ring substituents is 1. The lowest BCUT2D eigenvalue weighted by Crippen LogP contribution is -2.40. The van der Waals surface area contributed by atoms with Crippen molar-refractivity contribution < 1.29 is 14.5 Å². The van der Waals surface area contributed by atoms with Gasteiger partial charge in [0.15, 0.2) is 0 Å². The molecule has 0 radical (unpaired) electrons. The number of non-ortho nitro benzene ring substituents is 1. The zero-order valence-corrected chi connectivity index (χ0v) is 15.5. The van der Waals surface area contributed by atoms with Crippen molar-refractivity contribution >= 4 is 34.9 Å². The Morgan fingerprint density at radius 2 is 2.11 bits per heavy atom. The van der Waals surface area contributed by atoms with Gasteiger partial charge in [0.1, 0.15) is 0 Å². The summed E-state index contributed by atoms with van der Waals surface area (Å²) >= 11 is 1.47. The van der Waals surface area contributed by atoms with Crippen LogP contribution < -0.4 is 10.9 Å². The van der Waals surface area contributed by atoms with E-state index in [0.29, 0.717) is 16.4 Å². The summed E-state index contributed by atoms with van der Waals surface area (Å²) in [5.41, 5.74) is 6.41. The third-order valence-corrected chi connectivity index (χ3v) is 5.60. The van der Waals surface area contributed by atoms with Crippen LogP contribution in [0.5, 0.6) is 0 Å². The highest BCUT2D eigenvalue weighted by molar-refractivity contribution is 7.14. The monoisotopic (exact) mass is 385 g/mol. The van der Waals surface area contributed by atoms with Gasteiger partial charge in [-0.15, -0.1) is 11.3 Å². The number of amides is 2. The quantitative estimate of drug-likeness (QED) is 0.479. The number of benzene rings is 1. The summed E-state index contributed by atoms with van der Waals surface area (Å²) in [5, 5.41) is 10.8. The van der Waals surface area contributed by atoms with E-state index in [1.165, 1.54) is 52.1 Å². The Morgan fingerprint density at radius 3 is 2.89 bits per heavy atom. The number of hydrogen-bond acceptors (Lipinski definition) is 5. The van der Waals surface area contributed by atoms with Crippen molar-refractivity contribution in [1.82, 2.24) is 10.9 Å². The minimum absolute atomic E-state index is 0.0539. The Balaban J connectivity index is 1.55. The molecule has 8 heteroatoms. The third-order valence-electron chi connectivity index (χ3n) is 4.36. The fourth-order valence-electron chi connectivity index (χ4n) is 2.95. The van der Waals surface area contributed by atoms with E-state index in [-0.39, 0.29) is 11.6 Å². The van der Waals surface area contributed by atoms with E-state index >= 15 is 0 Å². The minimum atomic E-state index is -0.523. The number of rotatable bonds is 4. The summed E-state index contributed by atoms with van der Waals surface area (Å²) in [5.74, 6) is -0.245. The van der Waals surface area contributed by atoms with E-state index in [4.69, 9.17) is 0 Å². The smallest absolute Gasteiger partial charge is 0.268 e. The van der Waals surface area contributed by atoms with E-state index in [2.05, 4.69) is 17.8 Å². The zero-order valence-electron chi connectivity index (χ0n) is 14.7. The highest BCUT2D eigenvalue weighted by Crippen LogP contribution is 2.32. The molecule has 0 aliphatic heterocycles. The molecule has 1 atom stereocenters. The van der Waals surface area contributed by atoms with Crippen LogP contribution in [-0.2, 0) is 17.6 Å². The molecular formula is C19H19N3O4S. The van der Waals surface area contributed by atoms with Gasteiger partial charge in [0.05, 0.1) is 9.80 Å². The maximum atomic E-state index is 12.2. The van der Waals surface area contributed by atoms with Crippen molar-refractivity contribution in [2.24, 2.45) is 5.92 Å². The summed E-state index contributed by atoms with van der Waals surface area (Å²) in [6.45, 7) is 2.20. The topological polar surface area (TPSA) is 101 Å². The van der Waals surface area contributed by atoms with Crippen LogP contribution in [-0.4, -0.2) is 16.7 Å². The van der Waals surface area contributed by atoms with Gasteiger partial charge in [0.25, 0.3) is 17.5 Å². The second-order valence-electron chi connectivity index (χ2n) is 6.54. The van der Waals surface area contributed by atoms with E-state index < -0.39 is 10.8 Å². The Kier molecular flexibility index (Phi) is 5.66. The number of fused-ring (bicyclic) bond motifs is 1. The number of nitrogens with one attached hydrogen (secondary N) is 2. The molecule has 1 aliphatic rings. The second kappa shape index (κ2) is 8.13. The molecule has 140 valence electrons. The number of aryl methyl sites for hydroxylation is 1. The number of thiophene rings is 1. The largest absolute Gasteiger partial charge is 0.279 e.